The minimum atomic E-state index is -0.0625. The monoisotopic (exact) mass is 412 g/mol. The molecule has 0 radical (unpaired) electrons. The second-order valence-electron chi connectivity index (χ2n) is 7.40. The van der Waals surface area contributed by atoms with Crippen molar-refractivity contribution in [2.24, 2.45) is 5.73 Å². The number of benzene rings is 1. The van der Waals surface area contributed by atoms with Gasteiger partial charge in [0.2, 0.25) is 0 Å². The van der Waals surface area contributed by atoms with Crippen molar-refractivity contribution < 1.29 is 19.1 Å². The van der Waals surface area contributed by atoms with Crippen LogP contribution in [0.5, 0.6) is 5.75 Å². The molecule has 6 nitrogen and oxygen atoms in total. The van der Waals surface area contributed by atoms with E-state index in [1.54, 1.807) is 24.3 Å². The summed E-state index contributed by atoms with van der Waals surface area (Å²) < 4.78 is 10.4. The number of halogens is 1. The Morgan fingerprint density at radius 2 is 1.93 bits per heavy atom. The third-order valence-corrected chi connectivity index (χ3v) is 4.48. The summed E-state index contributed by atoms with van der Waals surface area (Å²) in [6, 6.07) is 7.71. The highest BCUT2D eigenvalue weighted by Gasteiger charge is 2.38. The highest BCUT2D eigenvalue weighted by molar-refractivity contribution is 6.30. The Balaban J connectivity index is 0.000000253. The quantitative estimate of drug-likeness (QED) is 0.637. The van der Waals surface area contributed by atoms with Crippen LogP contribution in [-0.4, -0.2) is 43.1 Å². The molecule has 0 heterocycles. The van der Waals surface area contributed by atoms with Gasteiger partial charge < -0.3 is 25.3 Å². The van der Waals surface area contributed by atoms with Crippen molar-refractivity contribution in [3.8, 4) is 5.75 Å². The van der Waals surface area contributed by atoms with E-state index in [-0.39, 0.29) is 24.7 Å². The molecule has 2 saturated carbocycles. The Morgan fingerprint density at radius 1 is 1.36 bits per heavy atom. The summed E-state index contributed by atoms with van der Waals surface area (Å²) in [6.45, 7) is 6.43. The zero-order chi connectivity index (χ0) is 21.0. The molecule has 2 aliphatic carbocycles. The van der Waals surface area contributed by atoms with Gasteiger partial charge in [0, 0.05) is 17.1 Å². The lowest BCUT2D eigenvalue weighted by molar-refractivity contribution is -0.123. The number of nitrogens with one attached hydrogen (secondary N) is 1. The third-order valence-electron chi connectivity index (χ3n) is 4.22. The van der Waals surface area contributed by atoms with Gasteiger partial charge in [0.05, 0.1) is 5.60 Å². The average Bonchev–Trinajstić information content (AvgIpc) is 3.60. The van der Waals surface area contributed by atoms with Crippen LogP contribution in [0.25, 0.3) is 0 Å². The lowest BCUT2D eigenvalue weighted by Gasteiger charge is -2.06. The van der Waals surface area contributed by atoms with Crippen LogP contribution in [0.1, 0.15) is 52.9 Å². The molecule has 1 unspecified atom stereocenters. The largest absolute Gasteiger partial charge is 0.484 e. The first kappa shape index (κ1) is 24.4. The molecule has 158 valence electrons. The summed E-state index contributed by atoms with van der Waals surface area (Å²) >= 11 is 5.72. The third kappa shape index (κ3) is 12.7. The number of aldehydes is 1. The number of nitrogens with two attached hydrogens (primary N) is 1. The molecular weight excluding hydrogens is 380 g/mol. The van der Waals surface area contributed by atoms with Gasteiger partial charge in [-0.1, -0.05) is 18.5 Å². The Kier molecular flexibility index (Phi) is 11.1. The van der Waals surface area contributed by atoms with Gasteiger partial charge in [-0.25, -0.2) is 0 Å². The Morgan fingerprint density at radius 3 is 2.36 bits per heavy atom. The number of carbonyl (C=O) groups excluding carboxylic acids is 2. The summed E-state index contributed by atoms with van der Waals surface area (Å²) in [5.41, 5.74) is 5.36. The average molecular weight is 413 g/mol. The lowest BCUT2D eigenvalue weighted by atomic mass is 10.3. The number of ether oxygens (including phenoxy) is 2. The molecule has 1 aromatic rings. The van der Waals surface area contributed by atoms with Crippen LogP contribution in [0.2, 0.25) is 5.02 Å². The maximum atomic E-state index is 11.3. The molecule has 28 heavy (non-hydrogen) atoms. The van der Waals surface area contributed by atoms with Gasteiger partial charge in [-0.2, -0.15) is 0 Å². The molecule has 3 rings (SSSR count). The van der Waals surface area contributed by atoms with Crippen LogP contribution in [0.4, 0.5) is 0 Å². The van der Waals surface area contributed by atoms with Crippen molar-refractivity contribution in [1.82, 2.24) is 5.32 Å². The number of carbonyl (C=O) groups is 2. The standard InChI is InChI=1S/C11H12ClNO2.C6H10O2.C4H11N/c12-8-1-5-10(6-2-8)15-7-11(14)13-9-3-4-9;1-6(2-3-6)8-5-4-7;1-3-4(2)5/h1-2,5-6,9H,3-4,7H2,(H,13,14);4H,2-3,5H2,1H3;4H,3,5H2,1-2H3. The summed E-state index contributed by atoms with van der Waals surface area (Å²) in [4.78, 5) is 21.0. The molecule has 1 amide bonds. The molecule has 0 aliphatic heterocycles. The van der Waals surface area contributed by atoms with E-state index in [1.807, 2.05) is 13.8 Å². The van der Waals surface area contributed by atoms with E-state index < -0.39 is 0 Å². The van der Waals surface area contributed by atoms with Crippen molar-refractivity contribution in [3.63, 3.8) is 0 Å². The fourth-order valence-electron chi connectivity index (χ4n) is 1.73. The van der Waals surface area contributed by atoms with Crippen LogP contribution in [0.3, 0.4) is 0 Å². The highest BCUT2D eigenvalue weighted by Crippen LogP contribution is 2.38. The predicted octanol–water partition coefficient (Wildman–Crippen LogP) is 3.50. The second kappa shape index (κ2) is 12.8. The smallest absolute Gasteiger partial charge is 0.258 e. The van der Waals surface area contributed by atoms with Gasteiger partial charge in [-0.15, -0.1) is 0 Å². The molecule has 1 atom stereocenters. The van der Waals surface area contributed by atoms with E-state index >= 15 is 0 Å². The van der Waals surface area contributed by atoms with Crippen LogP contribution in [0, 0.1) is 0 Å². The first-order valence-electron chi connectivity index (χ1n) is 9.79. The van der Waals surface area contributed by atoms with Gasteiger partial charge in [0.1, 0.15) is 18.6 Å². The molecule has 0 bridgehead atoms. The highest BCUT2D eigenvalue weighted by atomic mass is 35.5. The fraction of sp³-hybridized carbons (Fsp3) is 0.619. The Hall–Kier alpha value is -1.63. The van der Waals surface area contributed by atoms with Crippen molar-refractivity contribution in [1.29, 1.82) is 0 Å². The van der Waals surface area contributed by atoms with Gasteiger partial charge >= 0.3 is 0 Å². The van der Waals surface area contributed by atoms with E-state index in [0.717, 1.165) is 38.4 Å². The maximum Gasteiger partial charge on any atom is 0.258 e. The molecule has 3 N–H and O–H groups in total. The van der Waals surface area contributed by atoms with E-state index in [4.69, 9.17) is 26.8 Å². The molecule has 0 aromatic heterocycles. The van der Waals surface area contributed by atoms with Crippen molar-refractivity contribution >= 4 is 23.8 Å². The Labute approximate surface area is 173 Å². The van der Waals surface area contributed by atoms with Crippen LogP contribution in [-0.2, 0) is 14.3 Å². The van der Waals surface area contributed by atoms with Gasteiger partial charge in [-0.3, -0.25) is 4.79 Å². The topological polar surface area (TPSA) is 90.7 Å². The molecule has 0 spiro atoms. The molecule has 2 fully saturated rings. The van der Waals surface area contributed by atoms with E-state index in [9.17, 15) is 9.59 Å². The molecule has 0 saturated heterocycles. The van der Waals surface area contributed by atoms with Crippen molar-refractivity contribution in [2.75, 3.05) is 13.2 Å². The number of amides is 1. The predicted molar refractivity (Wildman–Crippen MR) is 112 cm³/mol. The van der Waals surface area contributed by atoms with Crippen LogP contribution >= 0.6 is 11.6 Å². The van der Waals surface area contributed by atoms with Crippen molar-refractivity contribution in [3.05, 3.63) is 29.3 Å². The SMILES string of the molecule is CC1(OCC=O)CC1.CCC(C)N.O=C(COc1ccc(Cl)cc1)NC1CC1. The van der Waals surface area contributed by atoms with Gasteiger partial charge in [0.25, 0.3) is 5.91 Å². The normalized spacial score (nSPS) is 17.0. The zero-order valence-electron chi connectivity index (χ0n) is 17.1. The summed E-state index contributed by atoms with van der Waals surface area (Å²) in [5, 5.41) is 3.50. The number of hydrogen-bond donors (Lipinski definition) is 2. The summed E-state index contributed by atoms with van der Waals surface area (Å²) in [7, 11) is 0. The minimum absolute atomic E-state index is 0.0625. The second-order valence-corrected chi connectivity index (χ2v) is 7.83. The molecule has 1 aromatic carbocycles. The van der Waals surface area contributed by atoms with Gasteiger partial charge in [0.15, 0.2) is 6.61 Å². The lowest BCUT2D eigenvalue weighted by Crippen LogP contribution is -2.30. The van der Waals surface area contributed by atoms with E-state index in [0.29, 0.717) is 22.9 Å². The summed E-state index contributed by atoms with van der Waals surface area (Å²) in [5.74, 6) is 0.595. The van der Waals surface area contributed by atoms with Crippen molar-refractivity contribution in [2.45, 2.75) is 70.6 Å². The molecular formula is C21H33ClN2O4. The van der Waals surface area contributed by atoms with Crippen LogP contribution in [0.15, 0.2) is 24.3 Å². The Bertz CT molecular complexity index is 585. The number of hydrogen-bond acceptors (Lipinski definition) is 5. The van der Waals surface area contributed by atoms with E-state index in [1.165, 1.54) is 0 Å². The zero-order valence-corrected chi connectivity index (χ0v) is 17.8. The first-order valence-corrected chi connectivity index (χ1v) is 10.2. The molecule has 2 aliphatic rings. The summed E-state index contributed by atoms with van der Waals surface area (Å²) in [6.07, 6.45) is 6.28. The maximum absolute atomic E-state index is 11.3. The fourth-order valence-corrected chi connectivity index (χ4v) is 1.86. The van der Waals surface area contributed by atoms with Crippen LogP contribution < -0.4 is 15.8 Å². The van der Waals surface area contributed by atoms with E-state index in [2.05, 4.69) is 12.2 Å². The first-order chi connectivity index (χ1) is 13.3. The minimum Gasteiger partial charge on any atom is -0.484 e. The van der Waals surface area contributed by atoms with Gasteiger partial charge in [-0.05, 0) is 70.2 Å². The molecule has 7 heteroatoms. The number of rotatable bonds is 8.